The highest BCUT2D eigenvalue weighted by atomic mass is 16.4. The largest absolute Gasteiger partial charge is 0.478 e. The van der Waals surface area contributed by atoms with Gasteiger partial charge < -0.3 is 5.11 Å². The van der Waals surface area contributed by atoms with Gasteiger partial charge >= 0.3 is 5.97 Å². The standard InChI is InChI=1S/C14H16N2O2/c1-3-11-9-12(4-2)16(15-11)13-7-5-10(6-8-13)14(17)18/h5-9H,3-4H2,1-2H3,(H,17,18). The molecule has 2 rings (SSSR count). The van der Waals surface area contributed by atoms with Crippen LogP contribution in [0.4, 0.5) is 0 Å². The maximum Gasteiger partial charge on any atom is 0.335 e. The van der Waals surface area contributed by atoms with Crippen LogP contribution in [0.2, 0.25) is 0 Å². The normalized spacial score (nSPS) is 10.6. The molecule has 0 unspecified atom stereocenters. The molecule has 0 aliphatic heterocycles. The Bertz CT molecular complexity index is 556. The third-order valence-corrected chi connectivity index (χ3v) is 2.92. The van der Waals surface area contributed by atoms with Crippen molar-refractivity contribution in [3.63, 3.8) is 0 Å². The highest BCUT2D eigenvalue weighted by molar-refractivity contribution is 5.87. The SMILES string of the molecule is CCc1cc(CC)n(-c2ccc(C(=O)O)cc2)n1. The summed E-state index contributed by atoms with van der Waals surface area (Å²) in [5.41, 5.74) is 3.38. The van der Waals surface area contributed by atoms with Crippen molar-refractivity contribution in [1.29, 1.82) is 0 Å². The predicted octanol–water partition coefficient (Wildman–Crippen LogP) is 2.70. The first-order valence-corrected chi connectivity index (χ1v) is 6.07. The van der Waals surface area contributed by atoms with Gasteiger partial charge in [0.05, 0.1) is 16.9 Å². The second-order valence-corrected chi connectivity index (χ2v) is 4.10. The third-order valence-electron chi connectivity index (χ3n) is 2.92. The zero-order valence-corrected chi connectivity index (χ0v) is 10.6. The lowest BCUT2D eigenvalue weighted by Crippen LogP contribution is -2.03. The molecule has 0 saturated carbocycles. The van der Waals surface area contributed by atoms with Crippen molar-refractivity contribution in [2.45, 2.75) is 26.7 Å². The Hall–Kier alpha value is -2.10. The average Bonchev–Trinajstić information content (AvgIpc) is 2.82. The maximum atomic E-state index is 10.8. The lowest BCUT2D eigenvalue weighted by molar-refractivity contribution is 0.0697. The van der Waals surface area contributed by atoms with Crippen molar-refractivity contribution in [1.82, 2.24) is 9.78 Å². The Morgan fingerprint density at radius 2 is 1.89 bits per heavy atom. The molecule has 1 N–H and O–H groups in total. The number of nitrogens with zero attached hydrogens (tertiary/aromatic N) is 2. The van der Waals surface area contributed by atoms with Crippen molar-refractivity contribution in [2.75, 3.05) is 0 Å². The molecule has 1 aromatic heterocycles. The van der Waals surface area contributed by atoms with Crippen LogP contribution >= 0.6 is 0 Å². The Labute approximate surface area is 106 Å². The summed E-state index contributed by atoms with van der Waals surface area (Å²) in [5.74, 6) is -0.910. The summed E-state index contributed by atoms with van der Waals surface area (Å²) in [5, 5.41) is 13.4. The van der Waals surface area contributed by atoms with E-state index in [1.807, 2.05) is 4.68 Å². The van der Waals surface area contributed by atoms with Crippen molar-refractivity contribution in [3.8, 4) is 5.69 Å². The first kappa shape index (κ1) is 12.4. The van der Waals surface area contributed by atoms with Crippen LogP contribution in [0.25, 0.3) is 5.69 Å². The van der Waals surface area contributed by atoms with Gasteiger partial charge in [0.25, 0.3) is 0 Å². The topological polar surface area (TPSA) is 55.1 Å². The molecule has 1 heterocycles. The number of benzene rings is 1. The zero-order chi connectivity index (χ0) is 13.1. The molecule has 2 aromatic rings. The van der Waals surface area contributed by atoms with Gasteiger partial charge in [-0.3, -0.25) is 0 Å². The molecule has 0 bridgehead atoms. The molecule has 18 heavy (non-hydrogen) atoms. The molecular formula is C14H16N2O2. The number of carbonyl (C=O) groups is 1. The smallest absolute Gasteiger partial charge is 0.335 e. The van der Waals surface area contributed by atoms with Gasteiger partial charge in [-0.2, -0.15) is 5.10 Å². The lowest BCUT2D eigenvalue weighted by atomic mass is 10.2. The van der Waals surface area contributed by atoms with Crippen LogP contribution in [-0.4, -0.2) is 20.9 Å². The number of hydrogen-bond donors (Lipinski definition) is 1. The highest BCUT2D eigenvalue weighted by Gasteiger charge is 2.08. The Balaban J connectivity index is 2.41. The maximum absolute atomic E-state index is 10.8. The van der Waals surface area contributed by atoms with Gasteiger partial charge in [0, 0.05) is 5.69 Å². The summed E-state index contributed by atoms with van der Waals surface area (Å²) in [4.78, 5) is 10.8. The second kappa shape index (κ2) is 5.04. The zero-order valence-electron chi connectivity index (χ0n) is 10.6. The molecule has 0 amide bonds. The molecule has 0 aliphatic rings. The lowest BCUT2D eigenvalue weighted by Gasteiger charge is -2.05. The summed E-state index contributed by atoms with van der Waals surface area (Å²) >= 11 is 0. The fourth-order valence-electron chi connectivity index (χ4n) is 1.87. The quantitative estimate of drug-likeness (QED) is 0.899. The van der Waals surface area contributed by atoms with Crippen molar-refractivity contribution in [3.05, 3.63) is 47.3 Å². The predicted molar refractivity (Wildman–Crippen MR) is 69.3 cm³/mol. The molecule has 0 spiro atoms. The van der Waals surface area contributed by atoms with E-state index in [1.54, 1.807) is 24.3 Å². The van der Waals surface area contributed by atoms with Crippen molar-refractivity contribution >= 4 is 5.97 Å². The third kappa shape index (κ3) is 2.27. The number of aromatic nitrogens is 2. The molecule has 0 saturated heterocycles. The summed E-state index contributed by atoms with van der Waals surface area (Å²) in [6.07, 6.45) is 1.79. The second-order valence-electron chi connectivity index (χ2n) is 4.10. The minimum atomic E-state index is -0.910. The average molecular weight is 244 g/mol. The number of aromatic carboxylic acids is 1. The first-order valence-electron chi connectivity index (χ1n) is 6.07. The minimum absolute atomic E-state index is 0.291. The van der Waals surface area contributed by atoms with Crippen LogP contribution in [0.3, 0.4) is 0 Å². The van der Waals surface area contributed by atoms with E-state index in [-0.39, 0.29) is 0 Å². The summed E-state index contributed by atoms with van der Waals surface area (Å²) in [6, 6.07) is 8.87. The Morgan fingerprint density at radius 1 is 1.22 bits per heavy atom. The van der Waals surface area contributed by atoms with E-state index in [2.05, 4.69) is 25.0 Å². The number of hydrogen-bond acceptors (Lipinski definition) is 2. The molecule has 0 fully saturated rings. The van der Waals surface area contributed by atoms with Crippen LogP contribution in [0, 0.1) is 0 Å². The van der Waals surface area contributed by atoms with Gasteiger partial charge in [0.15, 0.2) is 0 Å². The summed E-state index contributed by atoms with van der Waals surface area (Å²) < 4.78 is 1.88. The number of rotatable bonds is 4. The van der Waals surface area contributed by atoms with E-state index in [4.69, 9.17) is 5.11 Å². The Morgan fingerprint density at radius 3 is 2.39 bits per heavy atom. The van der Waals surface area contributed by atoms with Crippen LogP contribution in [0.5, 0.6) is 0 Å². The fraction of sp³-hybridized carbons (Fsp3) is 0.286. The molecular weight excluding hydrogens is 228 g/mol. The minimum Gasteiger partial charge on any atom is -0.478 e. The molecule has 0 aliphatic carbocycles. The molecule has 0 atom stereocenters. The van der Waals surface area contributed by atoms with Crippen molar-refractivity contribution < 1.29 is 9.90 Å². The van der Waals surface area contributed by atoms with E-state index in [1.165, 1.54) is 0 Å². The molecule has 4 heteroatoms. The molecule has 4 nitrogen and oxygen atoms in total. The van der Waals surface area contributed by atoms with Gasteiger partial charge in [0.2, 0.25) is 0 Å². The van der Waals surface area contributed by atoms with E-state index in [9.17, 15) is 4.79 Å². The Kier molecular flexibility index (Phi) is 3.46. The van der Waals surface area contributed by atoms with E-state index >= 15 is 0 Å². The molecule has 0 radical (unpaired) electrons. The number of aryl methyl sites for hydroxylation is 2. The van der Waals surface area contributed by atoms with Crippen LogP contribution < -0.4 is 0 Å². The van der Waals surface area contributed by atoms with E-state index < -0.39 is 5.97 Å². The number of carboxylic acids is 1. The van der Waals surface area contributed by atoms with Gasteiger partial charge in [-0.15, -0.1) is 0 Å². The van der Waals surface area contributed by atoms with E-state index in [0.29, 0.717) is 5.56 Å². The van der Waals surface area contributed by atoms with Gasteiger partial charge in [0.1, 0.15) is 0 Å². The van der Waals surface area contributed by atoms with Gasteiger partial charge in [-0.25, -0.2) is 9.48 Å². The van der Waals surface area contributed by atoms with Crippen molar-refractivity contribution in [2.24, 2.45) is 0 Å². The summed E-state index contributed by atoms with van der Waals surface area (Å²) in [6.45, 7) is 4.15. The van der Waals surface area contributed by atoms with Gasteiger partial charge in [-0.05, 0) is 43.2 Å². The molecule has 1 aromatic carbocycles. The summed E-state index contributed by atoms with van der Waals surface area (Å²) in [7, 11) is 0. The molecule has 94 valence electrons. The van der Waals surface area contributed by atoms with Crippen LogP contribution in [0.1, 0.15) is 35.6 Å². The fourth-order valence-corrected chi connectivity index (χ4v) is 1.87. The van der Waals surface area contributed by atoms with Crippen LogP contribution in [0.15, 0.2) is 30.3 Å². The van der Waals surface area contributed by atoms with Gasteiger partial charge in [-0.1, -0.05) is 13.8 Å². The van der Waals surface area contributed by atoms with E-state index in [0.717, 1.165) is 29.9 Å². The highest BCUT2D eigenvalue weighted by Crippen LogP contribution is 2.15. The monoisotopic (exact) mass is 244 g/mol. The number of carboxylic acid groups (broad SMARTS) is 1. The van der Waals surface area contributed by atoms with Crippen LogP contribution in [-0.2, 0) is 12.8 Å². The first-order chi connectivity index (χ1) is 8.65.